The number of ether oxygens (including phenoxy) is 1. The van der Waals surface area contributed by atoms with Gasteiger partial charge in [0.25, 0.3) is 0 Å². The molecule has 0 atom stereocenters. The zero-order chi connectivity index (χ0) is 13.4. The number of hydrogen-bond donors (Lipinski definition) is 4. The van der Waals surface area contributed by atoms with Crippen LogP contribution in [-0.2, 0) is 11.2 Å². The molecule has 7 nitrogen and oxygen atoms in total. The van der Waals surface area contributed by atoms with Crippen LogP contribution in [0.4, 0.5) is 11.6 Å². The molecule has 1 heterocycles. The van der Waals surface area contributed by atoms with Crippen LogP contribution in [0.2, 0.25) is 0 Å². The first-order valence-corrected chi connectivity index (χ1v) is 5.99. The third-order valence-corrected chi connectivity index (χ3v) is 2.42. The molecule has 0 aliphatic rings. The summed E-state index contributed by atoms with van der Waals surface area (Å²) in [4.78, 5) is 8.67. The molecule has 0 aliphatic heterocycles. The molecule has 0 aromatic carbocycles. The molecule has 0 radical (unpaired) electrons. The minimum absolute atomic E-state index is 0.0355. The molecule has 0 fully saturated rings. The van der Waals surface area contributed by atoms with E-state index in [9.17, 15) is 0 Å². The van der Waals surface area contributed by atoms with Crippen LogP contribution in [0.15, 0.2) is 0 Å². The summed E-state index contributed by atoms with van der Waals surface area (Å²) in [7, 11) is 0. The summed E-state index contributed by atoms with van der Waals surface area (Å²) in [6.07, 6.45) is 0.741. The highest BCUT2D eigenvalue weighted by Crippen LogP contribution is 2.18. The van der Waals surface area contributed by atoms with Crippen LogP contribution >= 0.6 is 0 Å². The minimum atomic E-state index is 0.0355. The lowest BCUT2D eigenvalue weighted by Gasteiger charge is -2.13. The molecule has 1 rings (SSSR count). The molecule has 0 bridgehead atoms. The first-order chi connectivity index (χ1) is 8.72. The summed E-state index contributed by atoms with van der Waals surface area (Å²) < 4.78 is 5.16. The van der Waals surface area contributed by atoms with Crippen molar-refractivity contribution in [2.45, 2.75) is 20.3 Å². The molecule has 0 saturated heterocycles. The molecular formula is C11H21N5O2. The maximum atomic E-state index is 8.58. The van der Waals surface area contributed by atoms with Crippen LogP contribution in [0.1, 0.15) is 18.3 Å². The maximum absolute atomic E-state index is 8.58. The monoisotopic (exact) mass is 255 g/mol. The number of aryl methyl sites for hydroxylation is 1. The topological polar surface area (TPSA) is 105 Å². The molecule has 0 spiro atoms. The lowest BCUT2D eigenvalue weighted by molar-refractivity contribution is 0.0992. The third kappa shape index (κ3) is 4.10. The molecule has 0 saturated carbocycles. The smallest absolute Gasteiger partial charge is 0.148 e. The molecule has 102 valence electrons. The van der Waals surface area contributed by atoms with E-state index in [0.717, 1.165) is 23.6 Å². The fourth-order valence-corrected chi connectivity index (χ4v) is 1.44. The predicted molar refractivity (Wildman–Crippen MR) is 70.4 cm³/mol. The van der Waals surface area contributed by atoms with Crippen LogP contribution in [0, 0.1) is 6.92 Å². The highest BCUT2D eigenvalue weighted by atomic mass is 16.5. The van der Waals surface area contributed by atoms with E-state index in [4.69, 9.17) is 15.7 Å². The first-order valence-electron chi connectivity index (χ1n) is 5.99. The van der Waals surface area contributed by atoms with Gasteiger partial charge in [0, 0.05) is 18.5 Å². The van der Waals surface area contributed by atoms with E-state index in [1.165, 1.54) is 0 Å². The number of nitrogens with zero attached hydrogens (tertiary/aromatic N) is 2. The van der Waals surface area contributed by atoms with Crippen LogP contribution in [0.25, 0.3) is 0 Å². The molecule has 5 N–H and O–H groups in total. The largest absolute Gasteiger partial charge is 0.394 e. The van der Waals surface area contributed by atoms with Crippen LogP contribution in [0.3, 0.4) is 0 Å². The molecule has 0 unspecified atom stereocenters. The Balaban J connectivity index is 2.63. The Morgan fingerprint density at radius 2 is 2.00 bits per heavy atom. The minimum Gasteiger partial charge on any atom is -0.394 e. The number of hydrogen-bond acceptors (Lipinski definition) is 7. The van der Waals surface area contributed by atoms with Gasteiger partial charge in [-0.05, 0) is 6.92 Å². The van der Waals surface area contributed by atoms with Crippen LogP contribution in [-0.4, -0.2) is 41.4 Å². The lowest BCUT2D eigenvalue weighted by Crippen LogP contribution is -2.17. The van der Waals surface area contributed by atoms with Crippen molar-refractivity contribution in [3.63, 3.8) is 0 Å². The van der Waals surface area contributed by atoms with E-state index in [1.54, 1.807) is 0 Å². The fraction of sp³-hybridized carbons (Fsp3) is 0.636. The van der Waals surface area contributed by atoms with E-state index in [2.05, 4.69) is 20.7 Å². The molecule has 18 heavy (non-hydrogen) atoms. The van der Waals surface area contributed by atoms with Crippen molar-refractivity contribution in [1.82, 2.24) is 9.97 Å². The third-order valence-electron chi connectivity index (χ3n) is 2.42. The summed E-state index contributed by atoms with van der Waals surface area (Å²) in [5.74, 6) is 7.52. The highest BCUT2D eigenvalue weighted by Gasteiger charge is 2.08. The number of hydrazine groups is 1. The number of aliphatic hydroxyl groups excluding tert-OH is 1. The highest BCUT2D eigenvalue weighted by molar-refractivity contribution is 5.56. The number of aliphatic hydroxyl groups is 1. The Hall–Kier alpha value is -1.44. The number of aromatic nitrogens is 2. The molecule has 0 amide bonds. The van der Waals surface area contributed by atoms with Gasteiger partial charge in [-0.15, -0.1) is 0 Å². The number of nitrogens with two attached hydrogens (primary N) is 1. The average Bonchev–Trinajstić information content (AvgIpc) is 2.40. The van der Waals surface area contributed by atoms with Gasteiger partial charge in [0.1, 0.15) is 17.5 Å². The van der Waals surface area contributed by atoms with Crippen molar-refractivity contribution in [2.75, 3.05) is 37.1 Å². The van der Waals surface area contributed by atoms with Crippen LogP contribution in [0.5, 0.6) is 0 Å². The Morgan fingerprint density at radius 3 is 2.61 bits per heavy atom. The van der Waals surface area contributed by atoms with E-state index in [1.807, 2.05) is 13.8 Å². The van der Waals surface area contributed by atoms with Crippen molar-refractivity contribution in [3.05, 3.63) is 11.4 Å². The van der Waals surface area contributed by atoms with Crippen molar-refractivity contribution >= 4 is 11.6 Å². The summed E-state index contributed by atoms with van der Waals surface area (Å²) in [6.45, 7) is 5.39. The Morgan fingerprint density at radius 1 is 1.28 bits per heavy atom. The van der Waals surface area contributed by atoms with Crippen molar-refractivity contribution in [1.29, 1.82) is 0 Å². The van der Waals surface area contributed by atoms with Gasteiger partial charge in [-0.1, -0.05) is 6.92 Å². The second-order valence-electron chi connectivity index (χ2n) is 3.72. The van der Waals surface area contributed by atoms with E-state index < -0.39 is 0 Å². The summed E-state index contributed by atoms with van der Waals surface area (Å²) in [5, 5.41) is 11.7. The predicted octanol–water partition coefficient (Wildman–Crippen LogP) is 0.0538. The average molecular weight is 255 g/mol. The molecule has 7 heteroatoms. The number of rotatable bonds is 8. The molecular weight excluding hydrogens is 234 g/mol. The second-order valence-corrected chi connectivity index (χ2v) is 3.72. The Kier molecular flexibility index (Phi) is 6.34. The number of nitrogen functional groups attached to an aromatic ring is 1. The summed E-state index contributed by atoms with van der Waals surface area (Å²) in [6, 6.07) is 0. The van der Waals surface area contributed by atoms with Gasteiger partial charge >= 0.3 is 0 Å². The SMILES string of the molecule is CCc1nc(NN)c(C)c(NCCOCCO)n1. The number of nitrogens with one attached hydrogen (secondary N) is 2. The second kappa shape index (κ2) is 7.80. The Labute approximate surface area is 107 Å². The molecule has 1 aromatic rings. The summed E-state index contributed by atoms with van der Waals surface area (Å²) in [5.41, 5.74) is 3.44. The molecule has 0 aliphatic carbocycles. The lowest BCUT2D eigenvalue weighted by atomic mass is 10.3. The van der Waals surface area contributed by atoms with Gasteiger partial charge in [-0.2, -0.15) is 0 Å². The standard InChI is InChI=1S/C11H21N5O2/c1-3-9-14-10(8(2)11(15-9)16-12)13-4-6-18-7-5-17/h17H,3-7,12H2,1-2H3,(H2,13,14,15,16). The fourth-order valence-electron chi connectivity index (χ4n) is 1.44. The Bertz CT molecular complexity index is 373. The zero-order valence-corrected chi connectivity index (χ0v) is 10.9. The van der Waals surface area contributed by atoms with Crippen molar-refractivity contribution in [3.8, 4) is 0 Å². The van der Waals surface area contributed by atoms with Crippen LogP contribution < -0.4 is 16.6 Å². The van der Waals surface area contributed by atoms with E-state index in [-0.39, 0.29) is 6.61 Å². The van der Waals surface area contributed by atoms with Gasteiger partial charge in [0.2, 0.25) is 0 Å². The van der Waals surface area contributed by atoms with Crippen molar-refractivity contribution in [2.24, 2.45) is 5.84 Å². The zero-order valence-electron chi connectivity index (χ0n) is 10.9. The van der Waals surface area contributed by atoms with E-state index >= 15 is 0 Å². The van der Waals surface area contributed by atoms with Crippen molar-refractivity contribution < 1.29 is 9.84 Å². The molecule has 1 aromatic heterocycles. The quantitative estimate of drug-likeness (QED) is 0.295. The van der Waals surface area contributed by atoms with Gasteiger partial charge in [0.05, 0.1) is 19.8 Å². The van der Waals surface area contributed by atoms with Gasteiger partial charge in [-0.3, -0.25) is 0 Å². The maximum Gasteiger partial charge on any atom is 0.148 e. The van der Waals surface area contributed by atoms with Gasteiger partial charge in [0.15, 0.2) is 0 Å². The van der Waals surface area contributed by atoms with E-state index in [0.29, 0.717) is 25.6 Å². The first kappa shape index (κ1) is 14.6. The van der Waals surface area contributed by atoms with Gasteiger partial charge < -0.3 is 20.6 Å². The normalized spacial score (nSPS) is 10.4. The van der Waals surface area contributed by atoms with Gasteiger partial charge in [-0.25, -0.2) is 15.8 Å². The number of anilines is 2. The summed E-state index contributed by atoms with van der Waals surface area (Å²) >= 11 is 0.